The van der Waals surface area contributed by atoms with E-state index in [9.17, 15) is 14.7 Å². The lowest BCUT2D eigenvalue weighted by Gasteiger charge is -2.14. The maximum absolute atomic E-state index is 12.5. The topological polar surface area (TPSA) is 69.7 Å². The number of hydrogen-bond donors (Lipinski definition) is 0. The Labute approximate surface area is 154 Å². The van der Waals surface area contributed by atoms with Crippen LogP contribution in [0.25, 0.3) is 16.8 Å². The van der Waals surface area contributed by atoms with Crippen molar-refractivity contribution < 1.29 is 19.4 Å². The minimum atomic E-state index is -1.35. The van der Waals surface area contributed by atoms with Crippen molar-refractivity contribution in [3.63, 3.8) is 0 Å². The number of benzene rings is 2. The van der Waals surface area contributed by atoms with Crippen LogP contribution in [0.1, 0.15) is 12.5 Å². The maximum atomic E-state index is 12.5. The number of thiocarbonyl (C=S) groups is 1. The van der Waals surface area contributed by atoms with Crippen molar-refractivity contribution in [2.24, 2.45) is 0 Å². The van der Waals surface area contributed by atoms with Crippen LogP contribution in [-0.2, 0) is 9.59 Å². The number of rotatable bonds is 5. The van der Waals surface area contributed by atoms with E-state index >= 15 is 0 Å². The predicted molar refractivity (Wildman–Crippen MR) is 100 cm³/mol. The average Bonchev–Trinajstić information content (AvgIpc) is 2.84. The molecular formula is C18H14NO4S2-. The Morgan fingerprint density at radius 3 is 2.80 bits per heavy atom. The van der Waals surface area contributed by atoms with E-state index in [0.717, 1.165) is 33.0 Å². The van der Waals surface area contributed by atoms with Crippen LogP contribution in [-0.4, -0.2) is 34.2 Å². The highest BCUT2D eigenvalue weighted by Crippen LogP contribution is 2.36. The molecule has 0 saturated carbocycles. The van der Waals surface area contributed by atoms with Gasteiger partial charge in [-0.1, -0.05) is 54.3 Å². The minimum absolute atomic E-state index is 0.207. The van der Waals surface area contributed by atoms with Crippen molar-refractivity contribution in [3.05, 3.63) is 46.9 Å². The third kappa shape index (κ3) is 3.52. The van der Waals surface area contributed by atoms with Crippen LogP contribution in [0.5, 0.6) is 5.75 Å². The molecule has 1 fully saturated rings. The third-order valence-corrected chi connectivity index (χ3v) is 5.04. The molecular weight excluding hydrogens is 358 g/mol. The van der Waals surface area contributed by atoms with Gasteiger partial charge in [0.1, 0.15) is 10.1 Å². The number of hydrogen-bond acceptors (Lipinski definition) is 6. The summed E-state index contributed by atoms with van der Waals surface area (Å²) in [5, 5.41) is 12.8. The van der Waals surface area contributed by atoms with Crippen LogP contribution in [0.15, 0.2) is 41.3 Å². The highest BCUT2D eigenvalue weighted by molar-refractivity contribution is 8.26. The van der Waals surface area contributed by atoms with Crippen molar-refractivity contribution in [2.45, 2.75) is 6.92 Å². The zero-order chi connectivity index (χ0) is 18.0. The zero-order valence-electron chi connectivity index (χ0n) is 13.4. The number of carboxylic acids is 1. The molecule has 0 aliphatic carbocycles. The summed E-state index contributed by atoms with van der Waals surface area (Å²) in [7, 11) is 0. The summed E-state index contributed by atoms with van der Waals surface area (Å²) >= 11 is 6.19. The van der Waals surface area contributed by atoms with Gasteiger partial charge in [0.2, 0.25) is 0 Å². The van der Waals surface area contributed by atoms with Gasteiger partial charge in [-0.2, -0.15) is 0 Å². The van der Waals surface area contributed by atoms with E-state index in [4.69, 9.17) is 17.0 Å². The Kier molecular flexibility index (Phi) is 5.06. The SMILES string of the molecule is CCOc1ccc2ccccc2c1/C=C1\SC(=S)N(CC(=O)[O-])C1=O. The molecule has 5 nitrogen and oxygen atoms in total. The fraction of sp³-hybridized carbons (Fsp3) is 0.167. The summed E-state index contributed by atoms with van der Waals surface area (Å²) in [5.41, 5.74) is 0.772. The second-order valence-corrected chi connectivity index (χ2v) is 6.95. The van der Waals surface area contributed by atoms with Crippen LogP contribution < -0.4 is 9.84 Å². The Morgan fingerprint density at radius 1 is 1.32 bits per heavy atom. The molecule has 0 N–H and O–H groups in total. The first-order chi connectivity index (χ1) is 12.0. The largest absolute Gasteiger partial charge is 0.548 e. The molecule has 0 atom stereocenters. The lowest BCUT2D eigenvalue weighted by molar-refractivity contribution is -0.305. The summed E-state index contributed by atoms with van der Waals surface area (Å²) in [6.45, 7) is 1.83. The number of aliphatic carboxylic acids is 1. The van der Waals surface area contributed by atoms with Crippen molar-refractivity contribution in [2.75, 3.05) is 13.2 Å². The lowest BCUT2D eigenvalue weighted by atomic mass is 10.0. The fourth-order valence-electron chi connectivity index (χ4n) is 2.60. The summed E-state index contributed by atoms with van der Waals surface area (Å²) in [6, 6.07) is 11.6. The normalized spacial score (nSPS) is 16.0. The van der Waals surface area contributed by atoms with Gasteiger partial charge in [0.25, 0.3) is 5.91 Å². The van der Waals surface area contributed by atoms with E-state index in [1.165, 1.54) is 0 Å². The molecule has 128 valence electrons. The second-order valence-electron chi connectivity index (χ2n) is 5.27. The summed E-state index contributed by atoms with van der Waals surface area (Å²) < 4.78 is 5.90. The fourth-order valence-corrected chi connectivity index (χ4v) is 3.84. The first-order valence-corrected chi connectivity index (χ1v) is 8.83. The molecule has 1 saturated heterocycles. The lowest BCUT2D eigenvalue weighted by Crippen LogP contribution is -2.40. The highest BCUT2D eigenvalue weighted by Gasteiger charge is 2.32. The molecule has 0 unspecified atom stereocenters. The summed E-state index contributed by atoms with van der Waals surface area (Å²) in [4.78, 5) is 24.7. The Morgan fingerprint density at radius 2 is 2.08 bits per heavy atom. The number of carbonyl (C=O) groups is 2. The number of amides is 1. The quantitative estimate of drug-likeness (QED) is 0.592. The van der Waals surface area contributed by atoms with Crippen LogP contribution in [0, 0.1) is 0 Å². The first kappa shape index (κ1) is 17.4. The third-order valence-electron chi connectivity index (χ3n) is 3.67. The highest BCUT2D eigenvalue weighted by atomic mass is 32.2. The molecule has 0 aromatic heterocycles. The van der Waals surface area contributed by atoms with Gasteiger partial charge in [-0.3, -0.25) is 9.69 Å². The standard InChI is InChI=1S/C18H15NO4S2/c1-2-23-14-8-7-11-5-3-4-6-12(11)13(14)9-15-17(22)19(10-16(20)21)18(24)25-15/h3-9H,2,10H2,1H3,(H,20,21)/p-1/b15-9-. The van der Waals surface area contributed by atoms with E-state index in [1.54, 1.807) is 6.08 Å². The number of ether oxygens (including phenoxy) is 1. The molecule has 0 radical (unpaired) electrons. The molecule has 25 heavy (non-hydrogen) atoms. The average molecular weight is 372 g/mol. The molecule has 2 aromatic rings. The maximum Gasteiger partial charge on any atom is 0.266 e. The Balaban J connectivity index is 2.08. The smallest absolute Gasteiger partial charge is 0.266 e. The molecule has 7 heteroatoms. The van der Waals surface area contributed by atoms with Gasteiger partial charge in [-0.25, -0.2) is 0 Å². The van der Waals surface area contributed by atoms with Gasteiger partial charge in [-0.15, -0.1) is 0 Å². The monoisotopic (exact) mass is 372 g/mol. The zero-order valence-corrected chi connectivity index (χ0v) is 15.0. The van der Waals surface area contributed by atoms with Crippen LogP contribution in [0.3, 0.4) is 0 Å². The van der Waals surface area contributed by atoms with Gasteiger partial charge in [0, 0.05) is 5.56 Å². The van der Waals surface area contributed by atoms with Gasteiger partial charge in [0.05, 0.1) is 24.0 Å². The van der Waals surface area contributed by atoms with Gasteiger partial charge in [-0.05, 0) is 29.8 Å². The van der Waals surface area contributed by atoms with Gasteiger partial charge >= 0.3 is 0 Å². The predicted octanol–water partition coefficient (Wildman–Crippen LogP) is 2.19. The number of carboxylic acid groups (broad SMARTS) is 1. The van der Waals surface area contributed by atoms with E-state index in [1.807, 2.05) is 43.3 Å². The van der Waals surface area contributed by atoms with Crippen molar-refractivity contribution >= 4 is 57.0 Å². The van der Waals surface area contributed by atoms with E-state index < -0.39 is 18.4 Å². The molecule has 1 amide bonds. The molecule has 3 rings (SSSR count). The van der Waals surface area contributed by atoms with Crippen molar-refractivity contribution in [1.82, 2.24) is 4.90 Å². The van der Waals surface area contributed by atoms with E-state index in [2.05, 4.69) is 0 Å². The van der Waals surface area contributed by atoms with Crippen molar-refractivity contribution in [3.8, 4) is 5.75 Å². The van der Waals surface area contributed by atoms with Crippen LogP contribution in [0.2, 0.25) is 0 Å². The molecule has 0 spiro atoms. The number of fused-ring (bicyclic) bond motifs is 1. The van der Waals surface area contributed by atoms with Crippen molar-refractivity contribution in [1.29, 1.82) is 0 Å². The minimum Gasteiger partial charge on any atom is -0.548 e. The molecule has 1 heterocycles. The van der Waals surface area contributed by atoms with Crippen LogP contribution >= 0.6 is 24.0 Å². The summed E-state index contributed by atoms with van der Waals surface area (Å²) in [5.74, 6) is -1.13. The molecule has 2 aromatic carbocycles. The molecule has 1 aliphatic heterocycles. The van der Waals surface area contributed by atoms with Gasteiger partial charge < -0.3 is 14.6 Å². The second kappa shape index (κ2) is 7.25. The van der Waals surface area contributed by atoms with E-state index in [-0.39, 0.29) is 4.32 Å². The summed E-state index contributed by atoms with van der Waals surface area (Å²) in [6.07, 6.45) is 1.71. The Bertz CT molecular complexity index is 907. The first-order valence-electron chi connectivity index (χ1n) is 7.61. The Hall–Kier alpha value is -2.38. The van der Waals surface area contributed by atoms with Crippen LogP contribution in [0.4, 0.5) is 0 Å². The number of thioether (sulfide) groups is 1. The van der Waals surface area contributed by atoms with Gasteiger partial charge in [0.15, 0.2) is 0 Å². The van der Waals surface area contributed by atoms with E-state index in [0.29, 0.717) is 17.3 Å². The number of carbonyl (C=O) groups excluding carboxylic acids is 2. The number of nitrogens with zero attached hydrogens (tertiary/aromatic N) is 1. The molecule has 0 bridgehead atoms. The molecule has 1 aliphatic rings.